The van der Waals surface area contributed by atoms with Gasteiger partial charge in [0, 0.05) is 4.47 Å². The lowest BCUT2D eigenvalue weighted by Gasteiger charge is -2.12. The van der Waals surface area contributed by atoms with E-state index in [1.807, 2.05) is 54.6 Å². The molecule has 1 N–H and O–H groups in total. The zero-order valence-corrected chi connectivity index (χ0v) is 12.0. The van der Waals surface area contributed by atoms with Crippen molar-refractivity contribution in [2.24, 2.45) is 5.92 Å². The minimum atomic E-state index is -0.744. The van der Waals surface area contributed by atoms with Gasteiger partial charge in [0.2, 0.25) is 0 Å². The molecule has 0 aromatic heterocycles. The summed E-state index contributed by atoms with van der Waals surface area (Å²) < 4.78 is 1.01. The lowest BCUT2D eigenvalue weighted by atomic mass is 9.93. The molecule has 2 nitrogen and oxygen atoms in total. The van der Waals surface area contributed by atoms with Crippen LogP contribution in [0.2, 0.25) is 0 Å². The highest BCUT2D eigenvalue weighted by atomic mass is 79.9. The van der Waals surface area contributed by atoms with Crippen molar-refractivity contribution >= 4 is 21.9 Å². The third-order valence-electron chi connectivity index (χ3n) is 3.07. The minimum absolute atomic E-state index is 0.386. The van der Waals surface area contributed by atoms with Crippen LogP contribution in [-0.4, -0.2) is 11.1 Å². The number of benzene rings is 2. The molecule has 0 bridgehead atoms. The third-order valence-corrected chi connectivity index (χ3v) is 3.60. The summed E-state index contributed by atoms with van der Waals surface area (Å²) in [5, 5.41) is 9.34. The quantitative estimate of drug-likeness (QED) is 0.906. The van der Waals surface area contributed by atoms with Crippen molar-refractivity contribution in [3.8, 4) is 0 Å². The van der Waals surface area contributed by atoms with Crippen LogP contribution in [0.1, 0.15) is 11.1 Å². The Hall–Kier alpha value is -1.61. The Labute approximate surface area is 121 Å². The number of carboxylic acids is 1. The smallest absolute Gasteiger partial charge is 0.307 e. The number of carboxylic acid groups (broad SMARTS) is 1. The summed E-state index contributed by atoms with van der Waals surface area (Å²) >= 11 is 3.38. The highest BCUT2D eigenvalue weighted by Gasteiger charge is 2.18. The Balaban J connectivity index is 2.08. The predicted molar refractivity (Wildman–Crippen MR) is 79.1 cm³/mol. The number of carbonyl (C=O) groups is 1. The monoisotopic (exact) mass is 318 g/mol. The van der Waals surface area contributed by atoms with E-state index in [0.29, 0.717) is 12.8 Å². The Morgan fingerprint density at radius 2 is 1.47 bits per heavy atom. The van der Waals surface area contributed by atoms with Crippen LogP contribution in [0.15, 0.2) is 59.1 Å². The van der Waals surface area contributed by atoms with E-state index in [4.69, 9.17) is 0 Å². The average molecular weight is 319 g/mol. The van der Waals surface area contributed by atoms with Gasteiger partial charge in [-0.3, -0.25) is 4.79 Å². The molecule has 0 saturated heterocycles. The normalized spacial score (nSPS) is 12.1. The van der Waals surface area contributed by atoms with E-state index < -0.39 is 5.97 Å². The van der Waals surface area contributed by atoms with Crippen molar-refractivity contribution in [1.29, 1.82) is 0 Å². The van der Waals surface area contributed by atoms with E-state index in [0.717, 1.165) is 15.6 Å². The van der Waals surface area contributed by atoms with Gasteiger partial charge in [-0.25, -0.2) is 0 Å². The fourth-order valence-electron chi connectivity index (χ4n) is 2.05. The maximum Gasteiger partial charge on any atom is 0.307 e. The Kier molecular flexibility index (Phi) is 4.74. The van der Waals surface area contributed by atoms with Gasteiger partial charge in [-0.2, -0.15) is 0 Å². The van der Waals surface area contributed by atoms with Gasteiger partial charge in [0.25, 0.3) is 0 Å². The largest absolute Gasteiger partial charge is 0.481 e. The Bertz CT molecular complexity index is 534. The van der Waals surface area contributed by atoms with Gasteiger partial charge in [0.05, 0.1) is 5.92 Å². The summed E-state index contributed by atoms with van der Waals surface area (Å²) in [6.45, 7) is 0. The van der Waals surface area contributed by atoms with Crippen LogP contribution in [0, 0.1) is 5.92 Å². The summed E-state index contributed by atoms with van der Waals surface area (Å²) in [6.07, 6.45) is 1.11. The van der Waals surface area contributed by atoms with Crippen molar-refractivity contribution in [3.05, 3.63) is 70.2 Å². The standard InChI is InChI=1S/C16H15BrO2/c17-15-8-6-13(7-9-15)11-14(16(18)19)10-12-4-2-1-3-5-12/h1-9,14H,10-11H2,(H,18,19). The van der Waals surface area contributed by atoms with Gasteiger partial charge in [-0.1, -0.05) is 58.4 Å². The summed E-state index contributed by atoms with van der Waals surface area (Å²) in [4.78, 5) is 11.4. The molecule has 0 amide bonds. The number of rotatable bonds is 5. The molecule has 2 rings (SSSR count). The highest BCUT2D eigenvalue weighted by Crippen LogP contribution is 2.17. The molecule has 0 aliphatic carbocycles. The van der Waals surface area contributed by atoms with Crippen LogP contribution in [0.25, 0.3) is 0 Å². The second kappa shape index (κ2) is 6.53. The lowest BCUT2D eigenvalue weighted by molar-refractivity contribution is -0.141. The number of aliphatic carboxylic acids is 1. The van der Waals surface area contributed by atoms with Crippen LogP contribution in [-0.2, 0) is 17.6 Å². The molecular formula is C16H15BrO2. The van der Waals surface area contributed by atoms with Crippen molar-refractivity contribution in [2.45, 2.75) is 12.8 Å². The van der Waals surface area contributed by atoms with E-state index in [2.05, 4.69) is 15.9 Å². The second-order valence-corrected chi connectivity index (χ2v) is 5.47. The van der Waals surface area contributed by atoms with E-state index in [1.165, 1.54) is 0 Å². The first-order valence-corrected chi connectivity index (χ1v) is 6.95. The molecule has 0 aliphatic heterocycles. The SMILES string of the molecule is O=C(O)C(Cc1ccccc1)Cc1ccc(Br)cc1. The van der Waals surface area contributed by atoms with E-state index in [-0.39, 0.29) is 5.92 Å². The fourth-order valence-corrected chi connectivity index (χ4v) is 2.31. The van der Waals surface area contributed by atoms with Crippen molar-refractivity contribution in [3.63, 3.8) is 0 Å². The molecular weight excluding hydrogens is 304 g/mol. The molecule has 0 spiro atoms. The van der Waals surface area contributed by atoms with Gasteiger partial charge in [0.15, 0.2) is 0 Å². The number of hydrogen-bond acceptors (Lipinski definition) is 1. The Morgan fingerprint density at radius 3 is 2.00 bits per heavy atom. The lowest BCUT2D eigenvalue weighted by Crippen LogP contribution is -2.19. The van der Waals surface area contributed by atoms with E-state index in [1.54, 1.807) is 0 Å². The molecule has 3 heteroatoms. The second-order valence-electron chi connectivity index (χ2n) is 4.56. The first-order valence-electron chi connectivity index (χ1n) is 6.16. The maximum atomic E-state index is 11.4. The number of hydrogen-bond donors (Lipinski definition) is 1. The van der Waals surface area contributed by atoms with E-state index in [9.17, 15) is 9.90 Å². The predicted octanol–water partition coefficient (Wildman–Crippen LogP) is 3.94. The van der Waals surface area contributed by atoms with Crippen LogP contribution in [0.5, 0.6) is 0 Å². The molecule has 1 unspecified atom stereocenters. The van der Waals surface area contributed by atoms with Gasteiger partial charge in [0.1, 0.15) is 0 Å². The fraction of sp³-hybridized carbons (Fsp3) is 0.188. The summed E-state index contributed by atoms with van der Waals surface area (Å²) in [7, 11) is 0. The van der Waals surface area contributed by atoms with Crippen LogP contribution in [0.3, 0.4) is 0 Å². The molecule has 0 aliphatic rings. The summed E-state index contributed by atoms with van der Waals surface area (Å²) in [5.41, 5.74) is 2.11. The van der Waals surface area contributed by atoms with Gasteiger partial charge >= 0.3 is 5.97 Å². The molecule has 2 aromatic carbocycles. The summed E-state index contributed by atoms with van der Waals surface area (Å²) in [5.74, 6) is -1.13. The topological polar surface area (TPSA) is 37.3 Å². The first kappa shape index (κ1) is 13.8. The third kappa shape index (κ3) is 4.21. The Morgan fingerprint density at radius 1 is 0.947 bits per heavy atom. The van der Waals surface area contributed by atoms with Gasteiger partial charge in [-0.15, -0.1) is 0 Å². The molecule has 0 saturated carbocycles. The van der Waals surface area contributed by atoms with E-state index >= 15 is 0 Å². The average Bonchev–Trinajstić information content (AvgIpc) is 2.41. The molecule has 98 valence electrons. The molecule has 19 heavy (non-hydrogen) atoms. The van der Waals surface area contributed by atoms with Crippen LogP contribution in [0.4, 0.5) is 0 Å². The zero-order chi connectivity index (χ0) is 13.7. The summed E-state index contributed by atoms with van der Waals surface area (Å²) in [6, 6.07) is 17.6. The first-order chi connectivity index (χ1) is 9.15. The molecule has 1 atom stereocenters. The molecule has 0 radical (unpaired) electrons. The van der Waals surface area contributed by atoms with Crippen molar-refractivity contribution in [2.75, 3.05) is 0 Å². The van der Waals surface area contributed by atoms with Crippen LogP contribution < -0.4 is 0 Å². The molecule has 0 heterocycles. The number of halogens is 1. The highest BCUT2D eigenvalue weighted by molar-refractivity contribution is 9.10. The zero-order valence-electron chi connectivity index (χ0n) is 10.4. The van der Waals surface area contributed by atoms with Gasteiger partial charge in [-0.05, 0) is 36.1 Å². The molecule has 0 fully saturated rings. The van der Waals surface area contributed by atoms with Crippen LogP contribution >= 0.6 is 15.9 Å². The maximum absolute atomic E-state index is 11.4. The minimum Gasteiger partial charge on any atom is -0.481 e. The van der Waals surface area contributed by atoms with Gasteiger partial charge < -0.3 is 5.11 Å². The van der Waals surface area contributed by atoms with Crippen molar-refractivity contribution < 1.29 is 9.90 Å². The molecule has 2 aromatic rings. The van der Waals surface area contributed by atoms with Crippen molar-refractivity contribution in [1.82, 2.24) is 0 Å².